The van der Waals surface area contributed by atoms with Gasteiger partial charge in [-0.3, -0.25) is 0 Å². The molecule has 0 amide bonds. The smallest absolute Gasteiger partial charge is 0.0975 e. The normalized spacial score (nSPS) is 11.2. The maximum atomic E-state index is 4.70. The van der Waals surface area contributed by atoms with Gasteiger partial charge in [0.2, 0.25) is 0 Å². The second kappa shape index (κ2) is 7.34. The van der Waals surface area contributed by atoms with Crippen LogP contribution < -0.4 is 5.32 Å². The van der Waals surface area contributed by atoms with Gasteiger partial charge in [-0.25, -0.2) is 4.98 Å². The minimum Gasteiger partial charge on any atom is -0.312 e. The number of nitrogens with zero attached hydrogens (tertiary/aromatic N) is 1. The van der Waals surface area contributed by atoms with Crippen LogP contribution >= 0.6 is 27.3 Å². The molecular weight excluding hydrogens is 332 g/mol. The summed E-state index contributed by atoms with van der Waals surface area (Å²) < 4.78 is 1.13. The van der Waals surface area contributed by atoms with Gasteiger partial charge >= 0.3 is 0 Å². The molecule has 0 saturated carbocycles. The zero-order valence-electron chi connectivity index (χ0n) is 12.2. The largest absolute Gasteiger partial charge is 0.312 e. The van der Waals surface area contributed by atoms with Gasteiger partial charge in [0.1, 0.15) is 0 Å². The van der Waals surface area contributed by atoms with Crippen LogP contribution in [0.2, 0.25) is 0 Å². The van der Waals surface area contributed by atoms with Crippen molar-refractivity contribution in [3.05, 3.63) is 49.9 Å². The van der Waals surface area contributed by atoms with Gasteiger partial charge in [-0.15, -0.1) is 11.3 Å². The third-order valence-electron chi connectivity index (χ3n) is 3.02. The van der Waals surface area contributed by atoms with Gasteiger partial charge in [-0.1, -0.05) is 41.9 Å². The maximum absolute atomic E-state index is 4.70. The molecule has 0 aliphatic carbocycles. The van der Waals surface area contributed by atoms with Gasteiger partial charge in [0.25, 0.3) is 0 Å². The van der Waals surface area contributed by atoms with E-state index >= 15 is 0 Å². The fraction of sp³-hybridized carbons (Fsp3) is 0.438. The summed E-state index contributed by atoms with van der Waals surface area (Å²) in [6, 6.07) is 8.44. The van der Waals surface area contributed by atoms with Crippen molar-refractivity contribution in [1.82, 2.24) is 10.3 Å². The molecule has 1 aromatic heterocycles. The molecular formula is C16H21BrN2S. The summed E-state index contributed by atoms with van der Waals surface area (Å²) in [7, 11) is 0. The second-order valence-corrected chi connectivity index (χ2v) is 7.53. The van der Waals surface area contributed by atoms with Crippen LogP contribution in [-0.4, -0.2) is 11.5 Å². The molecule has 2 nitrogen and oxygen atoms in total. The number of hydrogen-bond donors (Lipinski definition) is 1. The highest BCUT2D eigenvalue weighted by Gasteiger charge is 2.08. The number of aromatic nitrogens is 1. The highest BCUT2D eigenvalue weighted by Crippen LogP contribution is 2.22. The Morgan fingerprint density at radius 2 is 2.15 bits per heavy atom. The fourth-order valence-corrected chi connectivity index (χ4v) is 3.54. The lowest BCUT2D eigenvalue weighted by Crippen LogP contribution is -2.18. The van der Waals surface area contributed by atoms with E-state index in [0.717, 1.165) is 29.7 Å². The van der Waals surface area contributed by atoms with Crippen molar-refractivity contribution in [2.45, 2.75) is 33.7 Å². The first-order valence-electron chi connectivity index (χ1n) is 6.95. The van der Waals surface area contributed by atoms with Crippen molar-refractivity contribution in [1.29, 1.82) is 0 Å². The van der Waals surface area contributed by atoms with Crippen molar-refractivity contribution >= 4 is 27.3 Å². The molecule has 4 heteroatoms. The van der Waals surface area contributed by atoms with Crippen molar-refractivity contribution in [2.24, 2.45) is 5.92 Å². The van der Waals surface area contributed by atoms with E-state index in [1.165, 1.54) is 15.4 Å². The Kier molecular flexibility index (Phi) is 5.75. The average molecular weight is 353 g/mol. The molecule has 1 N–H and O–H groups in total. The Morgan fingerprint density at radius 1 is 1.35 bits per heavy atom. The predicted molar refractivity (Wildman–Crippen MR) is 90.3 cm³/mol. The number of aryl methyl sites for hydroxylation is 1. The standard InChI is InChI=1S/C16H21BrN2S/c1-11(2)9-18-10-15-12(3)19-16(20-15)8-13-5-4-6-14(17)7-13/h4-7,11,18H,8-10H2,1-3H3. The van der Waals surface area contributed by atoms with Crippen molar-refractivity contribution < 1.29 is 0 Å². The van der Waals surface area contributed by atoms with E-state index in [2.05, 4.69) is 66.3 Å². The molecule has 0 unspecified atom stereocenters. The first kappa shape index (κ1) is 15.7. The Labute approximate surface area is 133 Å². The number of thiazole rings is 1. The summed E-state index contributed by atoms with van der Waals surface area (Å²) in [5.41, 5.74) is 2.46. The van der Waals surface area contributed by atoms with Gasteiger partial charge in [0, 0.05) is 22.3 Å². The molecule has 0 spiro atoms. The van der Waals surface area contributed by atoms with E-state index in [0.29, 0.717) is 5.92 Å². The minimum atomic E-state index is 0.685. The monoisotopic (exact) mass is 352 g/mol. The summed E-state index contributed by atoms with van der Waals surface area (Å²) >= 11 is 5.34. The molecule has 0 bridgehead atoms. The molecule has 0 fully saturated rings. The van der Waals surface area contributed by atoms with Crippen LogP contribution in [-0.2, 0) is 13.0 Å². The third kappa shape index (κ3) is 4.69. The van der Waals surface area contributed by atoms with Crippen LogP contribution in [0.15, 0.2) is 28.7 Å². The molecule has 2 rings (SSSR count). The molecule has 0 aliphatic rings. The maximum Gasteiger partial charge on any atom is 0.0975 e. The molecule has 1 heterocycles. The Bertz CT molecular complexity index is 563. The van der Waals surface area contributed by atoms with Gasteiger partial charge < -0.3 is 5.32 Å². The number of benzene rings is 1. The van der Waals surface area contributed by atoms with E-state index in [4.69, 9.17) is 4.98 Å². The summed E-state index contributed by atoms with van der Waals surface area (Å²) in [5.74, 6) is 0.685. The summed E-state index contributed by atoms with van der Waals surface area (Å²) in [5, 5.41) is 4.69. The zero-order chi connectivity index (χ0) is 14.5. The first-order valence-corrected chi connectivity index (χ1v) is 8.56. The summed E-state index contributed by atoms with van der Waals surface area (Å²) in [6.07, 6.45) is 0.912. The number of rotatable bonds is 6. The number of hydrogen-bond acceptors (Lipinski definition) is 3. The van der Waals surface area contributed by atoms with E-state index in [9.17, 15) is 0 Å². The zero-order valence-corrected chi connectivity index (χ0v) is 14.6. The van der Waals surface area contributed by atoms with E-state index in [1.807, 2.05) is 11.3 Å². The Hall–Kier alpha value is -0.710. The molecule has 20 heavy (non-hydrogen) atoms. The topological polar surface area (TPSA) is 24.9 Å². The summed E-state index contributed by atoms with van der Waals surface area (Å²) in [6.45, 7) is 8.54. The van der Waals surface area contributed by atoms with Crippen LogP contribution in [0.1, 0.15) is 35.0 Å². The van der Waals surface area contributed by atoms with Crippen molar-refractivity contribution in [3.8, 4) is 0 Å². The van der Waals surface area contributed by atoms with Crippen molar-refractivity contribution in [3.63, 3.8) is 0 Å². The van der Waals surface area contributed by atoms with Crippen LogP contribution in [0.25, 0.3) is 0 Å². The van der Waals surface area contributed by atoms with Crippen molar-refractivity contribution in [2.75, 3.05) is 6.54 Å². The van der Waals surface area contributed by atoms with Crippen LogP contribution in [0, 0.1) is 12.8 Å². The molecule has 0 atom stereocenters. The van der Waals surface area contributed by atoms with E-state index in [1.54, 1.807) is 0 Å². The highest BCUT2D eigenvalue weighted by molar-refractivity contribution is 9.10. The molecule has 108 valence electrons. The molecule has 2 aromatic rings. The first-order chi connectivity index (χ1) is 9.54. The minimum absolute atomic E-state index is 0.685. The molecule has 0 aliphatic heterocycles. The third-order valence-corrected chi connectivity index (χ3v) is 4.67. The van der Waals surface area contributed by atoms with E-state index < -0.39 is 0 Å². The lowest BCUT2D eigenvalue weighted by atomic mass is 10.2. The number of halogens is 1. The molecule has 1 aromatic carbocycles. The Balaban J connectivity index is 2.00. The SMILES string of the molecule is Cc1nc(Cc2cccc(Br)c2)sc1CNCC(C)C. The lowest BCUT2D eigenvalue weighted by molar-refractivity contribution is 0.554. The highest BCUT2D eigenvalue weighted by atomic mass is 79.9. The Morgan fingerprint density at radius 3 is 2.85 bits per heavy atom. The van der Waals surface area contributed by atoms with Gasteiger partial charge in [-0.2, -0.15) is 0 Å². The van der Waals surface area contributed by atoms with Crippen LogP contribution in [0.3, 0.4) is 0 Å². The summed E-state index contributed by atoms with van der Waals surface area (Å²) in [4.78, 5) is 6.05. The van der Waals surface area contributed by atoms with Gasteiger partial charge in [0.15, 0.2) is 0 Å². The molecule has 0 radical (unpaired) electrons. The molecule has 0 saturated heterocycles. The predicted octanol–water partition coefficient (Wildman–Crippen LogP) is 4.55. The average Bonchev–Trinajstić information content (AvgIpc) is 2.69. The van der Waals surface area contributed by atoms with Gasteiger partial charge in [-0.05, 0) is 37.1 Å². The second-order valence-electron chi connectivity index (χ2n) is 5.45. The van der Waals surface area contributed by atoms with Crippen LogP contribution in [0.4, 0.5) is 0 Å². The van der Waals surface area contributed by atoms with Crippen LogP contribution in [0.5, 0.6) is 0 Å². The van der Waals surface area contributed by atoms with E-state index in [-0.39, 0.29) is 0 Å². The quantitative estimate of drug-likeness (QED) is 0.824. The number of nitrogens with one attached hydrogen (secondary N) is 1. The van der Waals surface area contributed by atoms with Gasteiger partial charge in [0.05, 0.1) is 10.7 Å². The fourth-order valence-electron chi connectivity index (χ4n) is 2.02. The lowest BCUT2D eigenvalue weighted by Gasteiger charge is -2.05.